The standard InChI is InChI=1S/C15H19FN2O2/c1-10(19)13-4-2-3-7-18(13)9-15-17-12-6-5-11(16)8-14(12)20-15/h5-6,8,10,13,19H,2-4,7,9H2,1H3. The maximum absolute atomic E-state index is 13.1. The molecule has 0 amide bonds. The molecular weight excluding hydrogens is 259 g/mol. The van der Waals surface area contributed by atoms with Crippen molar-refractivity contribution in [3.05, 3.63) is 29.9 Å². The molecule has 3 rings (SSSR count). The smallest absolute Gasteiger partial charge is 0.209 e. The van der Waals surface area contributed by atoms with Crippen LogP contribution in [0.15, 0.2) is 22.6 Å². The molecule has 108 valence electrons. The molecule has 5 heteroatoms. The largest absolute Gasteiger partial charge is 0.439 e. The molecule has 4 nitrogen and oxygen atoms in total. The van der Waals surface area contributed by atoms with Crippen molar-refractivity contribution in [2.24, 2.45) is 0 Å². The van der Waals surface area contributed by atoms with E-state index in [4.69, 9.17) is 4.42 Å². The van der Waals surface area contributed by atoms with Crippen molar-refractivity contribution in [2.45, 2.75) is 44.9 Å². The minimum atomic E-state index is -0.364. The fourth-order valence-corrected chi connectivity index (χ4v) is 2.95. The highest BCUT2D eigenvalue weighted by Crippen LogP contribution is 2.23. The summed E-state index contributed by atoms with van der Waals surface area (Å²) in [5.41, 5.74) is 1.15. The monoisotopic (exact) mass is 278 g/mol. The van der Waals surface area contributed by atoms with E-state index in [2.05, 4.69) is 9.88 Å². The van der Waals surface area contributed by atoms with Gasteiger partial charge in [0, 0.05) is 12.1 Å². The maximum atomic E-state index is 13.1. The summed E-state index contributed by atoms with van der Waals surface area (Å²) in [6, 6.07) is 4.51. The molecule has 1 aromatic heterocycles. The molecular formula is C15H19FN2O2. The van der Waals surface area contributed by atoms with Gasteiger partial charge >= 0.3 is 0 Å². The number of oxazole rings is 1. The van der Waals surface area contributed by atoms with E-state index in [9.17, 15) is 9.50 Å². The number of likely N-dealkylation sites (tertiary alicyclic amines) is 1. The summed E-state index contributed by atoms with van der Waals surface area (Å²) in [5, 5.41) is 9.86. The average molecular weight is 278 g/mol. The fraction of sp³-hybridized carbons (Fsp3) is 0.533. The Morgan fingerprint density at radius 3 is 3.15 bits per heavy atom. The summed E-state index contributed by atoms with van der Waals surface area (Å²) in [5.74, 6) is 0.262. The molecule has 2 unspecified atom stereocenters. The number of hydrogen-bond acceptors (Lipinski definition) is 4. The number of halogens is 1. The number of aromatic nitrogens is 1. The van der Waals surface area contributed by atoms with Gasteiger partial charge in [-0.15, -0.1) is 0 Å². The molecule has 1 N–H and O–H groups in total. The molecule has 2 aromatic rings. The minimum Gasteiger partial charge on any atom is -0.439 e. The molecule has 1 aliphatic rings. The summed E-state index contributed by atoms with van der Waals surface area (Å²) in [4.78, 5) is 6.59. The van der Waals surface area contributed by atoms with Crippen molar-refractivity contribution in [3.63, 3.8) is 0 Å². The van der Waals surface area contributed by atoms with Crippen LogP contribution in [0.2, 0.25) is 0 Å². The Morgan fingerprint density at radius 1 is 1.50 bits per heavy atom. The zero-order chi connectivity index (χ0) is 14.1. The Balaban J connectivity index is 1.80. The molecule has 1 aliphatic heterocycles. The van der Waals surface area contributed by atoms with Crippen LogP contribution >= 0.6 is 0 Å². The molecule has 20 heavy (non-hydrogen) atoms. The molecule has 1 aromatic carbocycles. The highest BCUT2D eigenvalue weighted by atomic mass is 19.1. The van der Waals surface area contributed by atoms with Crippen molar-refractivity contribution in [1.29, 1.82) is 0 Å². The predicted molar refractivity (Wildman–Crippen MR) is 73.7 cm³/mol. The van der Waals surface area contributed by atoms with E-state index >= 15 is 0 Å². The summed E-state index contributed by atoms with van der Waals surface area (Å²) < 4.78 is 18.7. The van der Waals surface area contributed by atoms with Crippen LogP contribution < -0.4 is 0 Å². The van der Waals surface area contributed by atoms with Crippen LogP contribution in [0.1, 0.15) is 32.1 Å². The Hall–Kier alpha value is -1.46. The third kappa shape index (κ3) is 2.69. The lowest BCUT2D eigenvalue weighted by atomic mass is 9.98. The predicted octanol–water partition coefficient (Wildman–Crippen LogP) is 2.70. The second-order valence-electron chi connectivity index (χ2n) is 5.49. The van der Waals surface area contributed by atoms with Gasteiger partial charge in [-0.2, -0.15) is 0 Å². The van der Waals surface area contributed by atoms with E-state index < -0.39 is 0 Å². The van der Waals surface area contributed by atoms with Crippen molar-refractivity contribution in [3.8, 4) is 0 Å². The second-order valence-corrected chi connectivity index (χ2v) is 5.49. The molecule has 0 radical (unpaired) electrons. The van der Waals surface area contributed by atoms with Gasteiger partial charge in [-0.3, -0.25) is 4.90 Å². The lowest BCUT2D eigenvalue weighted by Gasteiger charge is -2.36. The summed E-state index contributed by atoms with van der Waals surface area (Å²) in [6.45, 7) is 3.32. The molecule has 2 atom stereocenters. The maximum Gasteiger partial charge on any atom is 0.209 e. The number of piperidine rings is 1. The van der Waals surface area contributed by atoms with Crippen LogP contribution in [-0.4, -0.2) is 33.7 Å². The van der Waals surface area contributed by atoms with E-state index in [1.165, 1.54) is 12.1 Å². The Kier molecular flexibility index (Phi) is 3.72. The highest BCUT2D eigenvalue weighted by molar-refractivity contribution is 5.72. The van der Waals surface area contributed by atoms with Gasteiger partial charge in [-0.25, -0.2) is 9.37 Å². The average Bonchev–Trinajstić information content (AvgIpc) is 2.80. The first kappa shape index (κ1) is 13.5. The summed E-state index contributed by atoms with van der Waals surface area (Å²) in [7, 11) is 0. The number of hydrogen-bond donors (Lipinski definition) is 1. The van der Waals surface area contributed by atoms with Gasteiger partial charge in [0.25, 0.3) is 0 Å². The number of aliphatic hydroxyl groups is 1. The number of rotatable bonds is 3. The molecule has 0 saturated carbocycles. The van der Waals surface area contributed by atoms with Crippen molar-refractivity contribution in [2.75, 3.05) is 6.54 Å². The third-order valence-electron chi connectivity index (χ3n) is 3.95. The number of fused-ring (bicyclic) bond motifs is 1. The van der Waals surface area contributed by atoms with Gasteiger partial charge in [-0.1, -0.05) is 6.42 Å². The number of benzene rings is 1. The highest BCUT2D eigenvalue weighted by Gasteiger charge is 2.27. The van der Waals surface area contributed by atoms with Gasteiger partial charge in [0.05, 0.1) is 12.6 Å². The molecule has 1 saturated heterocycles. The Labute approximate surface area is 117 Å². The SMILES string of the molecule is CC(O)C1CCCCN1Cc1nc2ccc(F)cc2o1. The lowest BCUT2D eigenvalue weighted by Crippen LogP contribution is -2.45. The normalized spacial score (nSPS) is 22.2. The van der Waals surface area contributed by atoms with Crippen molar-refractivity contribution < 1.29 is 13.9 Å². The van der Waals surface area contributed by atoms with Crippen LogP contribution in [-0.2, 0) is 6.54 Å². The van der Waals surface area contributed by atoms with E-state index in [1.54, 1.807) is 6.07 Å². The van der Waals surface area contributed by atoms with Crippen LogP contribution in [0.4, 0.5) is 4.39 Å². The molecule has 0 spiro atoms. The van der Waals surface area contributed by atoms with Gasteiger partial charge < -0.3 is 9.52 Å². The van der Waals surface area contributed by atoms with Crippen LogP contribution in [0.3, 0.4) is 0 Å². The number of nitrogens with zero attached hydrogens (tertiary/aromatic N) is 2. The number of aliphatic hydroxyl groups excluding tert-OH is 1. The van der Waals surface area contributed by atoms with E-state index in [0.29, 0.717) is 23.5 Å². The molecule has 0 bridgehead atoms. The minimum absolute atomic E-state index is 0.149. The van der Waals surface area contributed by atoms with E-state index in [1.807, 2.05) is 6.92 Å². The summed E-state index contributed by atoms with van der Waals surface area (Å²) >= 11 is 0. The molecule has 0 aliphatic carbocycles. The van der Waals surface area contributed by atoms with Crippen LogP contribution in [0, 0.1) is 5.82 Å². The third-order valence-corrected chi connectivity index (χ3v) is 3.95. The van der Waals surface area contributed by atoms with Crippen LogP contribution in [0.5, 0.6) is 0 Å². The topological polar surface area (TPSA) is 49.5 Å². The summed E-state index contributed by atoms with van der Waals surface area (Å²) in [6.07, 6.45) is 2.90. The van der Waals surface area contributed by atoms with E-state index in [-0.39, 0.29) is 18.0 Å². The first-order valence-corrected chi connectivity index (χ1v) is 7.10. The first-order valence-electron chi connectivity index (χ1n) is 7.10. The Bertz CT molecular complexity index is 597. The van der Waals surface area contributed by atoms with Gasteiger partial charge in [0.15, 0.2) is 5.58 Å². The van der Waals surface area contributed by atoms with Crippen molar-refractivity contribution in [1.82, 2.24) is 9.88 Å². The fourth-order valence-electron chi connectivity index (χ4n) is 2.95. The van der Waals surface area contributed by atoms with Crippen molar-refractivity contribution >= 4 is 11.1 Å². The van der Waals surface area contributed by atoms with Gasteiger partial charge in [0.2, 0.25) is 5.89 Å². The van der Waals surface area contributed by atoms with Gasteiger partial charge in [0.1, 0.15) is 11.3 Å². The quantitative estimate of drug-likeness (QED) is 0.938. The zero-order valence-corrected chi connectivity index (χ0v) is 11.6. The van der Waals surface area contributed by atoms with E-state index in [0.717, 1.165) is 25.8 Å². The first-order chi connectivity index (χ1) is 9.63. The molecule has 2 heterocycles. The Morgan fingerprint density at radius 2 is 2.35 bits per heavy atom. The zero-order valence-electron chi connectivity index (χ0n) is 11.6. The lowest BCUT2D eigenvalue weighted by molar-refractivity contribution is 0.0273. The molecule has 1 fully saturated rings. The van der Waals surface area contributed by atoms with Gasteiger partial charge in [-0.05, 0) is 38.4 Å². The second kappa shape index (κ2) is 5.50. The van der Waals surface area contributed by atoms with Crippen LogP contribution in [0.25, 0.3) is 11.1 Å².